The summed E-state index contributed by atoms with van der Waals surface area (Å²) in [6, 6.07) is 3.04. The van der Waals surface area contributed by atoms with Crippen LogP contribution in [0, 0.1) is 11.3 Å². The quantitative estimate of drug-likeness (QED) is 0.392. The standard InChI is InChI=1S/C24H30N2O8/c1-23(2,3)16-6-8-24(9-7-16)21(30)26(22(31)25-24)13-18(27)34-17-11-14(19(28)32-4)10-15(12-17)20(29)33-5/h10-12,16H,6-9,13H2,1-5H3,(H,25,31). The molecule has 1 saturated carbocycles. The number of rotatable bonds is 5. The molecule has 1 spiro atoms. The summed E-state index contributed by atoms with van der Waals surface area (Å²) in [5.41, 5.74) is -0.948. The van der Waals surface area contributed by atoms with Crippen LogP contribution in [0.25, 0.3) is 0 Å². The molecule has 0 atom stereocenters. The highest BCUT2D eigenvalue weighted by Gasteiger charge is 2.53. The maximum Gasteiger partial charge on any atom is 0.338 e. The van der Waals surface area contributed by atoms with Gasteiger partial charge in [0.1, 0.15) is 17.8 Å². The minimum absolute atomic E-state index is 0.0299. The molecule has 10 heteroatoms. The lowest BCUT2D eigenvalue weighted by atomic mass is 9.67. The Bertz CT molecular complexity index is 984. The zero-order valence-corrected chi connectivity index (χ0v) is 20.1. The van der Waals surface area contributed by atoms with E-state index < -0.39 is 41.9 Å². The van der Waals surface area contributed by atoms with Crippen molar-refractivity contribution < 1.29 is 38.2 Å². The highest BCUT2D eigenvalue weighted by molar-refractivity contribution is 6.09. The van der Waals surface area contributed by atoms with Gasteiger partial charge in [0.05, 0.1) is 25.3 Å². The molecule has 3 rings (SSSR count). The van der Waals surface area contributed by atoms with Gasteiger partial charge in [-0.1, -0.05) is 20.8 Å². The third-order valence-corrected chi connectivity index (χ3v) is 6.58. The van der Waals surface area contributed by atoms with E-state index >= 15 is 0 Å². The molecule has 3 amide bonds. The predicted octanol–water partition coefficient (Wildman–Crippen LogP) is 2.69. The zero-order valence-electron chi connectivity index (χ0n) is 20.1. The van der Waals surface area contributed by atoms with Crippen LogP contribution in [0.2, 0.25) is 0 Å². The van der Waals surface area contributed by atoms with Crippen LogP contribution in [0.1, 0.15) is 67.2 Å². The third kappa shape index (κ3) is 5.05. The Balaban J connectivity index is 1.72. The monoisotopic (exact) mass is 474 g/mol. The summed E-state index contributed by atoms with van der Waals surface area (Å²) in [5, 5.41) is 2.78. The van der Waals surface area contributed by atoms with Crippen LogP contribution in [-0.2, 0) is 19.1 Å². The van der Waals surface area contributed by atoms with Gasteiger partial charge in [0.2, 0.25) is 0 Å². The fraction of sp³-hybridized carbons (Fsp3) is 0.542. The van der Waals surface area contributed by atoms with Gasteiger partial charge >= 0.3 is 23.9 Å². The Hall–Kier alpha value is -3.43. The SMILES string of the molecule is COC(=O)c1cc(OC(=O)CN2C(=O)NC3(CCC(C(C)(C)C)CC3)C2=O)cc(C(=O)OC)c1. The second-order valence-electron chi connectivity index (χ2n) is 9.75. The minimum Gasteiger partial charge on any atom is -0.465 e. The van der Waals surface area contributed by atoms with Crippen molar-refractivity contribution in [3.8, 4) is 5.75 Å². The number of amides is 3. The van der Waals surface area contributed by atoms with Gasteiger partial charge in [-0.05, 0) is 55.2 Å². The number of imide groups is 1. The first-order valence-electron chi connectivity index (χ1n) is 11.1. The first-order chi connectivity index (χ1) is 15.9. The number of urea groups is 1. The predicted molar refractivity (Wildman–Crippen MR) is 119 cm³/mol. The molecule has 1 aliphatic carbocycles. The number of esters is 3. The molecule has 1 aliphatic heterocycles. The largest absolute Gasteiger partial charge is 0.465 e. The Morgan fingerprint density at radius 1 is 1.00 bits per heavy atom. The highest BCUT2D eigenvalue weighted by Crippen LogP contribution is 2.43. The molecule has 1 N–H and O–H groups in total. The van der Waals surface area contributed by atoms with Gasteiger partial charge in [-0.3, -0.25) is 9.69 Å². The molecule has 34 heavy (non-hydrogen) atoms. The maximum absolute atomic E-state index is 13.1. The van der Waals surface area contributed by atoms with Gasteiger partial charge in [0, 0.05) is 0 Å². The Labute approximate surface area is 197 Å². The fourth-order valence-corrected chi connectivity index (χ4v) is 4.56. The van der Waals surface area contributed by atoms with Crippen molar-refractivity contribution in [3.05, 3.63) is 29.3 Å². The lowest BCUT2D eigenvalue weighted by Crippen LogP contribution is -2.50. The van der Waals surface area contributed by atoms with E-state index in [-0.39, 0.29) is 22.3 Å². The van der Waals surface area contributed by atoms with E-state index in [0.29, 0.717) is 18.8 Å². The summed E-state index contributed by atoms with van der Waals surface area (Å²) in [4.78, 5) is 62.9. The number of carbonyl (C=O) groups is 5. The van der Waals surface area contributed by atoms with Gasteiger partial charge in [0.25, 0.3) is 5.91 Å². The van der Waals surface area contributed by atoms with Crippen molar-refractivity contribution in [1.82, 2.24) is 10.2 Å². The van der Waals surface area contributed by atoms with Crippen molar-refractivity contribution in [2.24, 2.45) is 11.3 Å². The summed E-state index contributed by atoms with van der Waals surface area (Å²) in [7, 11) is 2.34. The molecule has 1 saturated heterocycles. The molecule has 2 aliphatic rings. The first kappa shape index (κ1) is 25.2. The van der Waals surface area contributed by atoms with Crippen LogP contribution in [0.3, 0.4) is 0 Å². The van der Waals surface area contributed by atoms with Crippen LogP contribution in [0.4, 0.5) is 4.79 Å². The van der Waals surface area contributed by atoms with Crippen LogP contribution >= 0.6 is 0 Å². The van der Waals surface area contributed by atoms with Gasteiger partial charge in [-0.15, -0.1) is 0 Å². The van der Waals surface area contributed by atoms with Crippen LogP contribution in [-0.4, -0.2) is 61.0 Å². The number of hydrogen-bond donors (Lipinski definition) is 1. The van der Waals surface area contributed by atoms with Gasteiger partial charge in [0.15, 0.2) is 0 Å². The molecule has 10 nitrogen and oxygen atoms in total. The number of nitrogens with zero attached hydrogens (tertiary/aromatic N) is 1. The van der Waals surface area contributed by atoms with Gasteiger partial charge in [-0.25, -0.2) is 19.2 Å². The van der Waals surface area contributed by atoms with Crippen molar-refractivity contribution in [2.45, 2.75) is 52.0 Å². The summed E-state index contributed by atoms with van der Waals surface area (Å²) >= 11 is 0. The van der Waals surface area contributed by atoms with E-state index in [2.05, 4.69) is 35.6 Å². The van der Waals surface area contributed by atoms with Crippen molar-refractivity contribution in [2.75, 3.05) is 20.8 Å². The number of methoxy groups -OCH3 is 2. The topological polar surface area (TPSA) is 128 Å². The molecular weight excluding hydrogens is 444 g/mol. The first-order valence-corrected chi connectivity index (χ1v) is 11.1. The molecule has 1 heterocycles. The van der Waals surface area contributed by atoms with Crippen LogP contribution in [0.15, 0.2) is 18.2 Å². The molecule has 1 aromatic rings. The number of benzene rings is 1. The maximum atomic E-state index is 13.1. The molecular formula is C24H30N2O8. The van der Waals surface area contributed by atoms with E-state index in [1.807, 2.05) is 0 Å². The van der Waals surface area contributed by atoms with E-state index in [1.165, 1.54) is 32.4 Å². The number of nitrogens with one attached hydrogen (secondary N) is 1. The average molecular weight is 475 g/mol. The molecule has 0 bridgehead atoms. The zero-order chi connectivity index (χ0) is 25.3. The normalized spacial score (nSPS) is 22.4. The molecule has 1 aromatic carbocycles. The van der Waals surface area contributed by atoms with E-state index in [4.69, 9.17) is 4.74 Å². The van der Waals surface area contributed by atoms with Gasteiger partial charge < -0.3 is 19.5 Å². The van der Waals surface area contributed by atoms with Crippen molar-refractivity contribution >= 4 is 29.8 Å². The summed E-state index contributed by atoms with van der Waals surface area (Å²) in [6.45, 7) is 5.88. The Morgan fingerprint density at radius 3 is 2.00 bits per heavy atom. The Morgan fingerprint density at radius 2 is 1.53 bits per heavy atom. The highest BCUT2D eigenvalue weighted by atomic mass is 16.5. The van der Waals surface area contributed by atoms with Crippen molar-refractivity contribution in [1.29, 1.82) is 0 Å². The van der Waals surface area contributed by atoms with E-state index in [1.54, 1.807) is 0 Å². The summed E-state index contributed by atoms with van der Waals surface area (Å²) in [5.74, 6) is -2.52. The minimum atomic E-state index is -0.998. The Kier molecular flexibility index (Phi) is 6.99. The second-order valence-corrected chi connectivity index (χ2v) is 9.75. The molecule has 2 fully saturated rings. The lowest BCUT2D eigenvalue weighted by Gasteiger charge is -2.40. The van der Waals surface area contributed by atoms with Crippen LogP contribution < -0.4 is 10.1 Å². The molecule has 0 unspecified atom stereocenters. The molecule has 184 valence electrons. The lowest BCUT2D eigenvalue weighted by molar-refractivity contribution is -0.141. The van der Waals surface area contributed by atoms with Crippen LogP contribution in [0.5, 0.6) is 5.75 Å². The number of hydrogen-bond acceptors (Lipinski definition) is 8. The number of ether oxygens (including phenoxy) is 3. The molecule has 0 aromatic heterocycles. The summed E-state index contributed by atoms with van der Waals surface area (Å²) in [6.07, 6.45) is 2.61. The average Bonchev–Trinajstić information content (AvgIpc) is 3.01. The summed E-state index contributed by atoms with van der Waals surface area (Å²) < 4.78 is 14.6. The van der Waals surface area contributed by atoms with E-state index in [0.717, 1.165) is 17.7 Å². The molecule has 0 radical (unpaired) electrons. The second kappa shape index (κ2) is 9.44. The fourth-order valence-electron chi connectivity index (χ4n) is 4.56. The van der Waals surface area contributed by atoms with Gasteiger partial charge in [-0.2, -0.15) is 0 Å². The smallest absolute Gasteiger partial charge is 0.338 e. The van der Waals surface area contributed by atoms with Crippen molar-refractivity contribution in [3.63, 3.8) is 0 Å². The third-order valence-electron chi connectivity index (χ3n) is 6.58. The van der Waals surface area contributed by atoms with E-state index in [9.17, 15) is 24.0 Å². The number of carbonyl (C=O) groups excluding carboxylic acids is 5.